The first-order valence-electron chi connectivity index (χ1n) is 11.6. The summed E-state index contributed by atoms with van der Waals surface area (Å²) >= 11 is 0. The Kier molecular flexibility index (Phi) is 7.80. The molecule has 0 aromatic heterocycles. The van der Waals surface area contributed by atoms with E-state index in [1.165, 1.54) is 36.3 Å². The van der Waals surface area contributed by atoms with Crippen LogP contribution in [0.25, 0.3) is 6.08 Å². The number of carbonyl (C=O) groups excluding carboxylic acids is 3. The van der Waals surface area contributed by atoms with Gasteiger partial charge in [-0.2, -0.15) is 0 Å². The molecule has 1 fully saturated rings. The lowest BCUT2D eigenvalue weighted by Crippen LogP contribution is -2.35. The third kappa shape index (κ3) is 5.63. The van der Waals surface area contributed by atoms with Crippen molar-refractivity contribution in [3.05, 3.63) is 76.8 Å². The quantitative estimate of drug-likeness (QED) is 0.447. The lowest BCUT2D eigenvalue weighted by atomic mass is 10.0. The number of nitrogens with zero attached hydrogens (tertiary/aromatic N) is 1. The summed E-state index contributed by atoms with van der Waals surface area (Å²) in [4.78, 5) is 39.2. The fraction of sp³-hybridized carbons (Fsp3) is 0.296. The van der Waals surface area contributed by atoms with Crippen LogP contribution in [0.3, 0.4) is 0 Å². The third-order valence-corrected chi connectivity index (χ3v) is 5.99. The van der Waals surface area contributed by atoms with E-state index in [9.17, 15) is 18.8 Å². The molecule has 1 N–H and O–H groups in total. The number of hydrogen-bond donors (Lipinski definition) is 1. The number of hydrogen-bond acceptors (Lipinski definition) is 6. The Labute approximate surface area is 208 Å². The van der Waals surface area contributed by atoms with Crippen molar-refractivity contribution >= 4 is 29.5 Å². The van der Waals surface area contributed by atoms with Gasteiger partial charge in [0.1, 0.15) is 11.6 Å². The van der Waals surface area contributed by atoms with E-state index >= 15 is 0 Å². The lowest BCUT2D eigenvalue weighted by molar-refractivity contribution is -0.136. The van der Waals surface area contributed by atoms with Crippen LogP contribution in [-0.2, 0) is 23.9 Å². The minimum absolute atomic E-state index is 0.0612. The van der Waals surface area contributed by atoms with Crippen molar-refractivity contribution in [3.8, 4) is 5.75 Å². The first kappa shape index (κ1) is 25.1. The van der Waals surface area contributed by atoms with Crippen LogP contribution < -0.4 is 15.0 Å². The number of rotatable bonds is 8. The Bertz CT molecular complexity index is 1200. The Morgan fingerprint density at radius 1 is 1.17 bits per heavy atom. The predicted octanol–water partition coefficient (Wildman–Crippen LogP) is 3.38. The summed E-state index contributed by atoms with van der Waals surface area (Å²) in [6.07, 6.45) is 3.59. The molecular weight excluding hydrogens is 467 g/mol. The Hall–Kier alpha value is -3.98. The van der Waals surface area contributed by atoms with E-state index in [-0.39, 0.29) is 29.8 Å². The Morgan fingerprint density at radius 2 is 1.89 bits per heavy atom. The van der Waals surface area contributed by atoms with Crippen LogP contribution in [0.15, 0.2) is 65.4 Å². The number of amides is 2. The fourth-order valence-electron chi connectivity index (χ4n) is 4.14. The van der Waals surface area contributed by atoms with Crippen molar-refractivity contribution < 1.29 is 33.0 Å². The molecule has 2 heterocycles. The molecule has 188 valence electrons. The molecular formula is C27H27FN2O6. The van der Waals surface area contributed by atoms with Crippen molar-refractivity contribution in [3.63, 3.8) is 0 Å². The summed E-state index contributed by atoms with van der Waals surface area (Å²) in [5.74, 6) is -1.26. The maximum Gasteiger partial charge on any atom is 0.340 e. The molecule has 2 aliphatic heterocycles. The second kappa shape index (κ2) is 11.2. The average molecular weight is 495 g/mol. The second-order valence-corrected chi connectivity index (χ2v) is 8.42. The summed E-state index contributed by atoms with van der Waals surface area (Å²) in [5, 5.41) is 2.79. The van der Waals surface area contributed by atoms with Crippen LogP contribution in [0.4, 0.5) is 10.1 Å². The molecule has 36 heavy (non-hydrogen) atoms. The van der Waals surface area contributed by atoms with Gasteiger partial charge in [0.2, 0.25) is 0 Å². The topological polar surface area (TPSA) is 94.2 Å². The van der Waals surface area contributed by atoms with Crippen LogP contribution in [0.5, 0.6) is 5.75 Å². The van der Waals surface area contributed by atoms with Crippen molar-refractivity contribution in [2.75, 3.05) is 31.8 Å². The smallest absolute Gasteiger partial charge is 0.340 e. The molecule has 0 radical (unpaired) electrons. The van der Waals surface area contributed by atoms with Crippen LogP contribution in [0, 0.1) is 5.82 Å². The van der Waals surface area contributed by atoms with E-state index in [0.717, 1.165) is 19.4 Å². The maximum atomic E-state index is 13.4. The molecule has 1 atom stereocenters. The van der Waals surface area contributed by atoms with Gasteiger partial charge in [-0.05, 0) is 67.8 Å². The van der Waals surface area contributed by atoms with Gasteiger partial charge in [-0.1, -0.05) is 12.1 Å². The molecule has 0 spiro atoms. The van der Waals surface area contributed by atoms with Crippen LogP contribution >= 0.6 is 0 Å². The Morgan fingerprint density at radius 3 is 2.53 bits per heavy atom. The number of carbonyl (C=O) groups is 3. The summed E-state index contributed by atoms with van der Waals surface area (Å²) in [6.45, 7) is 2.70. The number of benzene rings is 2. The number of halogens is 1. The predicted molar refractivity (Wildman–Crippen MR) is 130 cm³/mol. The van der Waals surface area contributed by atoms with Crippen molar-refractivity contribution in [1.29, 1.82) is 0 Å². The highest BCUT2D eigenvalue weighted by Gasteiger charge is 2.37. The van der Waals surface area contributed by atoms with Crippen molar-refractivity contribution in [1.82, 2.24) is 5.32 Å². The van der Waals surface area contributed by atoms with Gasteiger partial charge in [0.15, 0.2) is 6.61 Å². The van der Waals surface area contributed by atoms with E-state index in [1.807, 2.05) is 0 Å². The summed E-state index contributed by atoms with van der Waals surface area (Å²) in [6, 6.07) is 12.2. The number of anilines is 1. The molecule has 2 aromatic rings. The molecule has 0 bridgehead atoms. The van der Waals surface area contributed by atoms with E-state index in [4.69, 9.17) is 14.2 Å². The average Bonchev–Trinajstić information content (AvgIpc) is 3.49. The zero-order valence-corrected chi connectivity index (χ0v) is 20.1. The van der Waals surface area contributed by atoms with Gasteiger partial charge in [-0.15, -0.1) is 0 Å². The zero-order chi connectivity index (χ0) is 25.7. The molecule has 0 unspecified atom stereocenters. The monoisotopic (exact) mass is 494 g/mol. The molecule has 9 heteroatoms. The van der Waals surface area contributed by atoms with Crippen LogP contribution in [0.1, 0.15) is 25.3 Å². The highest BCUT2D eigenvalue weighted by molar-refractivity contribution is 6.23. The molecule has 0 saturated carbocycles. The van der Waals surface area contributed by atoms with E-state index in [1.54, 1.807) is 37.3 Å². The first-order chi connectivity index (χ1) is 17.4. The number of ether oxygens (including phenoxy) is 3. The van der Waals surface area contributed by atoms with Gasteiger partial charge in [0.05, 0.1) is 24.4 Å². The number of methoxy groups -OCH3 is 1. The minimum atomic E-state index is -0.648. The highest BCUT2D eigenvalue weighted by atomic mass is 19.1. The van der Waals surface area contributed by atoms with Gasteiger partial charge in [-0.25, -0.2) is 9.18 Å². The van der Waals surface area contributed by atoms with E-state index < -0.39 is 17.7 Å². The minimum Gasteiger partial charge on any atom is -0.484 e. The largest absolute Gasteiger partial charge is 0.484 e. The van der Waals surface area contributed by atoms with Gasteiger partial charge < -0.3 is 19.5 Å². The standard InChI is InChI=1S/C27H27FN2O6/c1-17-25(27(33)34-2)23(26(32)30(17)20-9-7-19(28)8-10-20)14-18-5-11-21(12-6-18)36-16-24(31)29-15-22-4-3-13-35-22/h5-12,14,22H,3-4,13,15-16H2,1-2H3,(H,29,31)/b23-14-/t22-/m0/s1. The van der Waals surface area contributed by atoms with Crippen molar-refractivity contribution in [2.24, 2.45) is 0 Å². The lowest BCUT2D eigenvalue weighted by Gasteiger charge is -2.17. The van der Waals surface area contributed by atoms with Crippen LogP contribution in [0.2, 0.25) is 0 Å². The second-order valence-electron chi connectivity index (χ2n) is 8.42. The number of allylic oxidation sites excluding steroid dienone is 1. The number of esters is 1. The van der Waals surface area contributed by atoms with Crippen molar-refractivity contribution in [2.45, 2.75) is 25.9 Å². The molecule has 2 aromatic carbocycles. The first-order valence-corrected chi connectivity index (χ1v) is 11.6. The van der Waals surface area contributed by atoms with E-state index in [0.29, 0.717) is 29.2 Å². The van der Waals surface area contributed by atoms with Gasteiger partial charge in [0, 0.05) is 24.5 Å². The SMILES string of the molecule is COC(=O)C1=C(C)N(c2ccc(F)cc2)C(=O)/C1=C\c1ccc(OCC(=O)NC[C@@H]2CCCO2)cc1. The van der Waals surface area contributed by atoms with Gasteiger partial charge in [-0.3, -0.25) is 14.5 Å². The summed E-state index contributed by atoms with van der Waals surface area (Å²) in [5.41, 5.74) is 1.76. The highest BCUT2D eigenvalue weighted by Crippen LogP contribution is 2.35. The van der Waals surface area contributed by atoms with Crippen LogP contribution in [-0.4, -0.2) is 50.8 Å². The molecule has 1 saturated heterocycles. The van der Waals surface area contributed by atoms with E-state index in [2.05, 4.69) is 5.32 Å². The fourth-order valence-corrected chi connectivity index (χ4v) is 4.14. The molecule has 2 aliphatic rings. The zero-order valence-electron chi connectivity index (χ0n) is 20.1. The molecule has 2 amide bonds. The Balaban J connectivity index is 1.46. The molecule has 0 aliphatic carbocycles. The normalized spacial score (nSPS) is 18.6. The maximum absolute atomic E-state index is 13.4. The third-order valence-electron chi connectivity index (χ3n) is 5.99. The number of nitrogens with one attached hydrogen (secondary N) is 1. The molecule has 4 rings (SSSR count). The summed E-state index contributed by atoms with van der Waals surface area (Å²) in [7, 11) is 1.24. The van der Waals surface area contributed by atoms with Gasteiger partial charge in [0.25, 0.3) is 11.8 Å². The summed E-state index contributed by atoms with van der Waals surface area (Å²) < 4.78 is 29.3. The molecule has 8 nitrogen and oxygen atoms in total. The van der Waals surface area contributed by atoms with Gasteiger partial charge >= 0.3 is 5.97 Å².